The number of primary sulfonamides is 1. The van der Waals surface area contributed by atoms with E-state index in [1.807, 2.05) is 13.8 Å². The van der Waals surface area contributed by atoms with Gasteiger partial charge in [-0.2, -0.15) is 0 Å². The van der Waals surface area contributed by atoms with Crippen LogP contribution in [0.15, 0.2) is 17.0 Å². The fourth-order valence-electron chi connectivity index (χ4n) is 2.30. The van der Waals surface area contributed by atoms with Crippen molar-refractivity contribution >= 4 is 26.5 Å². The van der Waals surface area contributed by atoms with Crippen LogP contribution in [-0.2, 0) is 20.8 Å². The molecule has 7 heteroatoms. The van der Waals surface area contributed by atoms with Gasteiger partial charge in [-0.1, -0.05) is 0 Å². The highest BCUT2D eigenvalue weighted by Gasteiger charge is 2.19. The van der Waals surface area contributed by atoms with Crippen LogP contribution in [0.2, 0.25) is 0 Å². The zero-order valence-electron chi connectivity index (χ0n) is 11.7. The average Bonchev–Trinajstić information content (AvgIpc) is 2.36. The van der Waals surface area contributed by atoms with Crippen LogP contribution < -0.4 is 10.5 Å². The summed E-state index contributed by atoms with van der Waals surface area (Å²) in [5.74, 6) is 1.40. The maximum absolute atomic E-state index is 11.5. The van der Waals surface area contributed by atoms with Crippen molar-refractivity contribution in [3.8, 4) is 0 Å². The Hall–Kier alpha value is -0.920. The standard InChI is InChI=1S/C13H20N2O3S2/c1-9-7-12(20(14,17)18)8-13(10(9)2)15-11-3-5-19(16)6-4-11/h7-8,11,15H,3-6H2,1-2H3,(H2,14,17,18). The predicted molar refractivity (Wildman–Crippen MR) is 81.8 cm³/mol. The van der Waals surface area contributed by atoms with E-state index in [1.165, 1.54) is 0 Å². The van der Waals surface area contributed by atoms with Crippen LogP contribution in [0.3, 0.4) is 0 Å². The second-order valence-corrected chi connectivity index (χ2v) is 8.48. The van der Waals surface area contributed by atoms with Gasteiger partial charge in [0.25, 0.3) is 0 Å². The summed E-state index contributed by atoms with van der Waals surface area (Å²) in [4.78, 5) is 0.127. The SMILES string of the molecule is Cc1cc(S(N)(=O)=O)cc(NC2CCS(=O)CC2)c1C. The molecule has 3 N–H and O–H groups in total. The number of hydrogen-bond donors (Lipinski definition) is 2. The van der Waals surface area contributed by atoms with E-state index in [2.05, 4.69) is 5.32 Å². The molecule has 0 aromatic heterocycles. The zero-order chi connectivity index (χ0) is 14.9. The van der Waals surface area contributed by atoms with Crippen molar-refractivity contribution in [3.05, 3.63) is 23.3 Å². The van der Waals surface area contributed by atoms with Crippen LogP contribution >= 0.6 is 0 Å². The normalized spacial score (nSPS) is 23.6. The maximum Gasteiger partial charge on any atom is 0.238 e. The van der Waals surface area contributed by atoms with E-state index in [9.17, 15) is 12.6 Å². The average molecular weight is 316 g/mol. The smallest absolute Gasteiger partial charge is 0.238 e. The molecule has 112 valence electrons. The Morgan fingerprint density at radius 2 is 1.85 bits per heavy atom. The molecule has 0 atom stereocenters. The Bertz CT molecular complexity index is 631. The molecule has 2 rings (SSSR count). The molecule has 1 aliphatic heterocycles. The highest BCUT2D eigenvalue weighted by Crippen LogP contribution is 2.26. The summed E-state index contributed by atoms with van der Waals surface area (Å²) in [6.45, 7) is 3.82. The topological polar surface area (TPSA) is 89.3 Å². The third-order valence-corrected chi connectivity index (χ3v) is 5.99. The van der Waals surface area contributed by atoms with Crippen molar-refractivity contribution in [2.45, 2.75) is 37.6 Å². The molecule has 1 aliphatic rings. The minimum atomic E-state index is -3.70. The number of sulfonamides is 1. The predicted octanol–water partition coefficient (Wildman–Crippen LogP) is 1.27. The second-order valence-electron chi connectivity index (χ2n) is 5.22. The molecule has 0 aliphatic carbocycles. The van der Waals surface area contributed by atoms with Gasteiger partial charge in [0.1, 0.15) is 0 Å². The molecule has 1 heterocycles. The van der Waals surface area contributed by atoms with Gasteiger partial charge in [-0.05, 0) is 49.9 Å². The summed E-state index contributed by atoms with van der Waals surface area (Å²) >= 11 is 0. The Kier molecular flexibility index (Phi) is 4.51. The van der Waals surface area contributed by atoms with Gasteiger partial charge in [-0.15, -0.1) is 0 Å². The molecule has 0 unspecified atom stereocenters. The van der Waals surface area contributed by atoms with Crippen LogP contribution in [-0.4, -0.2) is 30.2 Å². The molecule has 0 amide bonds. The maximum atomic E-state index is 11.5. The van der Waals surface area contributed by atoms with Crippen molar-refractivity contribution in [2.75, 3.05) is 16.8 Å². The lowest BCUT2D eigenvalue weighted by Gasteiger charge is -2.25. The van der Waals surface area contributed by atoms with Gasteiger partial charge < -0.3 is 5.32 Å². The van der Waals surface area contributed by atoms with Gasteiger partial charge in [0.05, 0.1) is 4.90 Å². The first-order valence-corrected chi connectivity index (χ1v) is 9.56. The molecule has 20 heavy (non-hydrogen) atoms. The lowest BCUT2D eigenvalue weighted by molar-refractivity contribution is 0.597. The third kappa shape index (κ3) is 3.59. The fourth-order valence-corrected chi connectivity index (χ4v) is 4.22. The van der Waals surface area contributed by atoms with E-state index >= 15 is 0 Å². The number of nitrogens with one attached hydrogen (secondary N) is 1. The molecule has 0 bridgehead atoms. The summed E-state index contributed by atoms with van der Waals surface area (Å²) < 4.78 is 34.3. The van der Waals surface area contributed by atoms with Crippen LogP contribution in [0.25, 0.3) is 0 Å². The molecule has 0 radical (unpaired) electrons. The Balaban J connectivity index is 2.27. The number of anilines is 1. The Morgan fingerprint density at radius 3 is 2.40 bits per heavy atom. The first kappa shape index (κ1) is 15.5. The Morgan fingerprint density at radius 1 is 1.25 bits per heavy atom. The van der Waals surface area contributed by atoms with E-state index in [-0.39, 0.29) is 10.9 Å². The number of nitrogens with two attached hydrogens (primary N) is 1. The monoisotopic (exact) mass is 316 g/mol. The highest BCUT2D eigenvalue weighted by molar-refractivity contribution is 7.89. The summed E-state index contributed by atoms with van der Waals surface area (Å²) in [6.07, 6.45) is 1.68. The molecule has 1 aromatic rings. The van der Waals surface area contributed by atoms with Crippen LogP contribution in [0.1, 0.15) is 24.0 Å². The summed E-state index contributed by atoms with van der Waals surface area (Å²) in [6, 6.07) is 3.41. The molecule has 0 saturated carbocycles. The van der Waals surface area contributed by atoms with Crippen LogP contribution in [0.5, 0.6) is 0 Å². The van der Waals surface area contributed by atoms with E-state index in [0.29, 0.717) is 11.5 Å². The third-order valence-electron chi connectivity index (χ3n) is 3.72. The van der Waals surface area contributed by atoms with Crippen LogP contribution in [0.4, 0.5) is 5.69 Å². The van der Waals surface area contributed by atoms with Crippen LogP contribution in [0, 0.1) is 13.8 Å². The van der Waals surface area contributed by atoms with Crippen molar-refractivity contribution in [2.24, 2.45) is 5.14 Å². The van der Waals surface area contributed by atoms with Gasteiger partial charge in [-0.25, -0.2) is 13.6 Å². The van der Waals surface area contributed by atoms with Crippen molar-refractivity contribution < 1.29 is 12.6 Å². The van der Waals surface area contributed by atoms with E-state index in [0.717, 1.165) is 29.7 Å². The summed E-state index contributed by atoms with van der Waals surface area (Å²) in [5, 5.41) is 8.57. The zero-order valence-corrected chi connectivity index (χ0v) is 13.3. The summed E-state index contributed by atoms with van der Waals surface area (Å²) in [7, 11) is -4.41. The van der Waals surface area contributed by atoms with Gasteiger partial charge in [0.15, 0.2) is 0 Å². The first-order valence-electron chi connectivity index (χ1n) is 6.53. The molecule has 1 fully saturated rings. The summed E-state index contributed by atoms with van der Waals surface area (Å²) in [5.41, 5.74) is 2.70. The minimum absolute atomic E-state index is 0.127. The number of benzene rings is 1. The number of aryl methyl sites for hydroxylation is 1. The van der Waals surface area contributed by atoms with Crippen molar-refractivity contribution in [1.82, 2.24) is 0 Å². The molecule has 1 saturated heterocycles. The van der Waals surface area contributed by atoms with E-state index in [4.69, 9.17) is 5.14 Å². The molecule has 0 spiro atoms. The van der Waals surface area contributed by atoms with E-state index < -0.39 is 20.8 Å². The molecular weight excluding hydrogens is 296 g/mol. The second kappa shape index (κ2) is 5.83. The highest BCUT2D eigenvalue weighted by atomic mass is 32.2. The lowest BCUT2D eigenvalue weighted by atomic mass is 10.1. The van der Waals surface area contributed by atoms with Crippen molar-refractivity contribution in [3.63, 3.8) is 0 Å². The quantitative estimate of drug-likeness (QED) is 0.879. The van der Waals surface area contributed by atoms with Gasteiger partial charge in [0.2, 0.25) is 10.0 Å². The van der Waals surface area contributed by atoms with Gasteiger partial charge >= 0.3 is 0 Å². The van der Waals surface area contributed by atoms with Crippen molar-refractivity contribution in [1.29, 1.82) is 0 Å². The van der Waals surface area contributed by atoms with Gasteiger partial charge in [0, 0.05) is 34.0 Å². The fraction of sp³-hybridized carbons (Fsp3) is 0.538. The molecular formula is C13H20N2O3S2. The number of rotatable bonds is 3. The Labute approximate surface area is 122 Å². The van der Waals surface area contributed by atoms with Gasteiger partial charge in [-0.3, -0.25) is 4.21 Å². The molecule has 5 nitrogen and oxygen atoms in total. The minimum Gasteiger partial charge on any atom is -0.382 e. The lowest BCUT2D eigenvalue weighted by Crippen LogP contribution is -2.29. The number of hydrogen-bond acceptors (Lipinski definition) is 4. The largest absolute Gasteiger partial charge is 0.382 e. The molecule has 1 aromatic carbocycles. The van der Waals surface area contributed by atoms with E-state index in [1.54, 1.807) is 12.1 Å². The first-order chi connectivity index (χ1) is 9.27.